The molecule has 1 aliphatic heterocycles. The molecule has 1 fully saturated rings. The zero-order valence-corrected chi connectivity index (χ0v) is 9.27. The third-order valence-corrected chi connectivity index (χ3v) is 2.60. The number of carbonyl (C=O) groups excluding carboxylic acids is 2. The minimum atomic E-state index is -0.455. The number of nitrogens with one attached hydrogen (secondary N) is 1. The van der Waals surface area contributed by atoms with Gasteiger partial charge in [0.15, 0.2) is 0 Å². The molecular formula is C10H16N4O2. The van der Waals surface area contributed by atoms with Crippen molar-refractivity contribution in [2.45, 2.75) is 31.8 Å². The Morgan fingerprint density at radius 2 is 2.25 bits per heavy atom. The summed E-state index contributed by atoms with van der Waals surface area (Å²) in [5.74, 6) is -0.553. The number of likely N-dealkylation sites (tertiary alicyclic amines) is 1. The van der Waals surface area contributed by atoms with Gasteiger partial charge in [-0.15, -0.1) is 0 Å². The number of hydrogen-bond acceptors (Lipinski definition) is 4. The Labute approximate surface area is 94.4 Å². The highest BCUT2D eigenvalue weighted by Crippen LogP contribution is 2.16. The lowest BCUT2D eigenvalue weighted by Crippen LogP contribution is -2.53. The van der Waals surface area contributed by atoms with Crippen molar-refractivity contribution in [3.8, 4) is 6.07 Å². The van der Waals surface area contributed by atoms with Crippen LogP contribution in [0.1, 0.15) is 19.8 Å². The van der Waals surface area contributed by atoms with Gasteiger partial charge in [-0.05, 0) is 12.8 Å². The lowest BCUT2D eigenvalue weighted by Gasteiger charge is -2.35. The number of rotatable bonds is 3. The molecule has 2 amide bonds. The molecule has 0 bridgehead atoms. The van der Waals surface area contributed by atoms with E-state index in [-0.39, 0.29) is 24.5 Å². The first kappa shape index (κ1) is 12.5. The standard InChI is InChI=1S/C10H16N4O2/c1-7(15)13-8-2-3-9(4-11)14(5-8)6-10(12)16/h8-9H,2-3,5-6H2,1H3,(H2,12,16)(H,13,15). The average molecular weight is 224 g/mol. The SMILES string of the molecule is CC(=O)NC1CCC(C#N)N(CC(N)=O)C1. The molecular weight excluding hydrogens is 208 g/mol. The molecule has 2 unspecified atom stereocenters. The highest BCUT2D eigenvalue weighted by atomic mass is 16.2. The van der Waals surface area contributed by atoms with Crippen molar-refractivity contribution >= 4 is 11.8 Å². The van der Waals surface area contributed by atoms with Crippen LogP contribution in [0.2, 0.25) is 0 Å². The lowest BCUT2D eigenvalue weighted by molar-refractivity contribution is -0.120. The Balaban J connectivity index is 2.58. The molecule has 1 aliphatic rings. The van der Waals surface area contributed by atoms with Gasteiger partial charge in [-0.3, -0.25) is 14.5 Å². The van der Waals surface area contributed by atoms with Crippen LogP contribution in [0.4, 0.5) is 0 Å². The van der Waals surface area contributed by atoms with Gasteiger partial charge < -0.3 is 11.1 Å². The number of primary amides is 1. The molecule has 2 atom stereocenters. The van der Waals surface area contributed by atoms with Crippen LogP contribution < -0.4 is 11.1 Å². The first-order valence-electron chi connectivity index (χ1n) is 5.22. The molecule has 1 saturated heterocycles. The number of nitrogens with two attached hydrogens (primary N) is 1. The molecule has 6 nitrogen and oxygen atoms in total. The Morgan fingerprint density at radius 3 is 2.75 bits per heavy atom. The maximum atomic E-state index is 10.9. The number of carbonyl (C=O) groups is 2. The van der Waals surface area contributed by atoms with Gasteiger partial charge in [-0.25, -0.2) is 0 Å². The summed E-state index contributed by atoms with van der Waals surface area (Å²) in [5.41, 5.74) is 5.11. The number of amides is 2. The second kappa shape index (κ2) is 5.47. The molecule has 16 heavy (non-hydrogen) atoms. The Morgan fingerprint density at radius 1 is 1.56 bits per heavy atom. The van der Waals surface area contributed by atoms with Crippen LogP contribution in [-0.2, 0) is 9.59 Å². The molecule has 3 N–H and O–H groups in total. The predicted octanol–water partition coefficient (Wildman–Crippen LogP) is -1.04. The maximum Gasteiger partial charge on any atom is 0.231 e. The quantitative estimate of drug-likeness (QED) is 0.640. The van der Waals surface area contributed by atoms with E-state index >= 15 is 0 Å². The third-order valence-electron chi connectivity index (χ3n) is 2.60. The van der Waals surface area contributed by atoms with E-state index in [2.05, 4.69) is 11.4 Å². The van der Waals surface area contributed by atoms with E-state index in [1.54, 1.807) is 4.90 Å². The molecule has 0 aromatic heterocycles. The Kier molecular flexibility index (Phi) is 4.26. The maximum absolute atomic E-state index is 10.9. The van der Waals surface area contributed by atoms with Crippen molar-refractivity contribution in [2.75, 3.05) is 13.1 Å². The number of hydrogen-bond donors (Lipinski definition) is 2. The summed E-state index contributed by atoms with van der Waals surface area (Å²) in [5, 5.41) is 11.7. The first-order chi connectivity index (χ1) is 7.52. The predicted molar refractivity (Wildman–Crippen MR) is 57.0 cm³/mol. The van der Waals surface area contributed by atoms with Gasteiger partial charge in [-0.2, -0.15) is 5.26 Å². The van der Waals surface area contributed by atoms with Crippen LogP contribution in [-0.4, -0.2) is 41.9 Å². The summed E-state index contributed by atoms with van der Waals surface area (Å²) in [7, 11) is 0. The fourth-order valence-electron chi connectivity index (χ4n) is 1.97. The van der Waals surface area contributed by atoms with E-state index in [1.165, 1.54) is 6.92 Å². The van der Waals surface area contributed by atoms with Gasteiger partial charge in [0.05, 0.1) is 18.7 Å². The van der Waals surface area contributed by atoms with Crippen molar-refractivity contribution in [2.24, 2.45) is 5.73 Å². The highest BCUT2D eigenvalue weighted by Gasteiger charge is 2.29. The van der Waals surface area contributed by atoms with Crippen LogP contribution in [0.15, 0.2) is 0 Å². The molecule has 1 heterocycles. The van der Waals surface area contributed by atoms with Crippen molar-refractivity contribution in [3.05, 3.63) is 0 Å². The second-order valence-corrected chi connectivity index (χ2v) is 4.02. The Bertz CT molecular complexity index is 323. The van der Waals surface area contributed by atoms with E-state index < -0.39 is 5.91 Å². The summed E-state index contributed by atoms with van der Waals surface area (Å²) in [4.78, 5) is 23.5. The van der Waals surface area contributed by atoms with Crippen LogP contribution >= 0.6 is 0 Å². The molecule has 0 aromatic rings. The van der Waals surface area contributed by atoms with E-state index in [0.29, 0.717) is 13.0 Å². The monoisotopic (exact) mass is 224 g/mol. The van der Waals surface area contributed by atoms with Gasteiger partial charge in [0, 0.05) is 19.5 Å². The van der Waals surface area contributed by atoms with Gasteiger partial charge in [0.25, 0.3) is 0 Å². The molecule has 0 spiro atoms. The summed E-state index contributed by atoms with van der Waals surface area (Å²) < 4.78 is 0. The van der Waals surface area contributed by atoms with Crippen LogP contribution in [0, 0.1) is 11.3 Å². The van der Waals surface area contributed by atoms with Gasteiger partial charge in [-0.1, -0.05) is 0 Å². The molecule has 0 aliphatic carbocycles. The molecule has 0 radical (unpaired) electrons. The fourth-order valence-corrected chi connectivity index (χ4v) is 1.97. The topological polar surface area (TPSA) is 99.2 Å². The van der Waals surface area contributed by atoms with Crippen molar-refractivity contribution in [3.63, 3.8) is 0 Å². The van der Waals surface area contributed by atoms with Crippen molar-refractivity contribution in [1.82, 2.24) is 10.2 Å². The van der Waals surface area contributed by atoms with Crippen molar-refractivity contribution < 1.29 is 9.59 Å². The van der Waals surface area contributed by atoms with E-state index in [0.717, 1.165) is 6.42 Å². The minimum Gasteiger partial charge on any atom is -0.369 e. The van der Waals surface area contributed by atoms with Crippen LogP contribution in [0.25, 0.3) is 0 Å². The molecule has 0 aromatic carbocycles. The molecule has 0 saturated carbocycles. The van der Waals surface area contributed by atoms with Gasteiger partial charge >= 0.3 is 0 Å². The Hall–Kier alpha value is -1.61. The third kappa shape index (κ3) is 3.51. The minimum absolute atomic E-state index is 0.00134. The van der Waals surface area contributed by atoms with E-state index in [1.807, 2.05) is 0 Å². The summed E-state index contributed by atoms with van der Waals surface area (Å²) in [6.45, 7) is 2.02. The van der Waals surface area contributed by atoms with Crippen LogP contribution in [0.5, 0.6) is 0 Å². The highest BCUT2D eigenvalue weighted by molar-refractivity contribution is 5.76. The zero-order valence-electron chi connectivity index (χ0n) is 9.27. The lowest BCUT2D eigenvalue weighted by atomic mass is 9.99. The molecule has 1 rings (SSSR count). The first-order valence-corrected chi connectivity index (χ1v) is 5.22. The van der Waals surface area contributed by atoms with Gasteiger partial charge in [0.1, 0.15) is 0 Å². The number of piperidine rings is 1. The largest absolute Gasteiger partial charge is 0.369 e. The summed E-state index contributed by atoms with van der Waals surface area (Å²) in [6.07, 6.45) is 1.40. The fraction of sp³-hybridized carbons (Fsp3) is 0.700. The van der Waals surface area contributed by atoms with E-state index in [4.69, 9.17) is 11.0 Å². The number of nitrogens with zero attached hydrogens (tertiary/aromatic N) is 2. The van der Waals surface area contributed by atoms with Crippen molar-refractivity contribution in [1.29, 1.82) is 5.26 Å². The normalized spacial score (nSPS) is 25.8. The number of nitriles is 1. The second-order valence-electron chi connectivity index (χ2n) is 4.02. The zero-order chi connectivity index (χ0) is 12.1. The van der Waals surface area contributed by atoms with Gasteiger partial charge in [0.2, 0.25) is 11.8 Å². The molecule has 6 heteroatoms. The molecule has 88 valence electrons. The smallest absolute Gasteiger partial charge is 0.231 e. The summed E-state index contributed by atoms with van der Waals surface area (Å²) in [6, 6.07) is 1.86. The van der Waals surface area contributed by atoms with E-state index in [9.17, 15) is 9.59 Å². The average Bonchev–Trinajstić information content (AvgIpc) is 2.16. The van der Waals surface area contributed by atoms with Crippen LogP contribution in [0.3, 0.4) is 0 Å². The summed E-state index contributed by atoms with van der Waals surface area (Å²) >= 11 is 0.